The van der Waals surface area contributed by atoms with E-state index in [0.717, 1.165) is 11.0 Å². The van der Waals surface area contributed by atoms with Gasteiger partial charge in [0.05, 0.1) is 15.9 Å². The smallest absolute Gasteiger partial charge is 0.295 e. The minimum Gasteiger partial charge on any atom is -0.295 e. The van der Waals surface area contributed by atoms with Gasteiger partial charge in [-0.15, -0.1) is 0 Å². The van der Waals surface area contributed by atoms with Crippen LogP contribution in [-0.4, -0.2) is 24.1 Å². The average molecular weight is 366 g/mol. The van der Waals surface area contributed by atoms with E-state index in [1.807, 2.05) is 24.3 Å². The van der Waals surface area contributed by atoms with Crippen molar-refractivity contribution in [2.45, 2.75) is 11.4 Å². The van der Waals surface area contributed by atoms with Gasteiger partial charge in [0.25, 0.3) is 0 Å². The van der Waals surface area contributed by atoms with Gasteiger partial charge in [-0.3, -0.25) is 9.13 Å². The van der Waals surface area contributed by atoms with Crippen LogP contribution in [0.3, 0.4) is 0 Å². The van der Waals surface area contributed by atoms with Crippen LogP contribution in [0.25, 0.3) is 11.0 Å². The summed E-state index contributed by atoms with van der Waals surface area (Å²) in [7, 11) is -1.98. The maximum Gasteiger partial charge on any atom is 0.328 e. The molecule has 0 fully saturated rings. The van der Waals surface area contributed by atoms with Gasteiger partial charge in [-0.1, -0.05) is 29.8 Å². The normalized spacial score (nSPS) is 11.9. The number of benzene rings is 2. The summed E-state index contributed by atoms with van der Waals surface area (Å²) in [5, 5.41) is 0.350. The number of para-hydroxylation sites is 2. The van der Waals surface area contributed by atoms with E-state index in [9.17, 15) is 13.2 Å². The first-order valence-corrected chi connectivity index (χ1v) is 9.16. The van der Waals surface area contributed by atoms with Gasteiger partial charge in [-0.25, -0.2) is 17.9 Å². The fraction of sp³-hybridized carbons (Fsp3) is 0.188. The molecule has 0 spiro atoms. The van der Waals surface area contributed by atoms with Crippen molar-refractivity contribution in [3.8, 4) is 0 Å². The van der Waals surface area contributed by atoms with Crippen molar-refractivity contribution in [3.05, 3.63) is 64.0 Å². The average Bonchev–Trinajstić information content (AvgIpc) is 2.80. The number of halogens is 1. The van der Waals surface area contributed by atoms with E-state index >= 15 is 0 Å². The maximum absolute atomic E-state index is 12.3. The monoisotopic (exact) mass is 365 g/mol. The van der Waals surface area contributed by atoms with Gasteiger partial charge in [0.2, 0.25) is 10.0 Å². The van der Waals surface area contributed by atoms with Gasteiger partial charge < -0.3 is 0 Å². The number of aryl methyl sites for hydroxylation is 1. The first-order valence-electron chi connectivity index (χ1n) is 7.29. The van der Waals surface area contributed by atoms with Crippen molar-refractivity contribution in [3.63, 3.8) is 0 Å². The maximum atomic E-state index is 12.3. The highest BCUT2D eigenvalue weighted by atomic mass is 35.5. The highest BCUT2D eigenvalue weighted by Gasteiger charge is 2.15. The number of sulfonamides is 1. The number of hydrogen-bond acceptors (Lipinski definition) is 3. The van der Waals surface area contributed by atoms with Gasteiger partial charge in [0.1, 0.15) is 0 Å². The highest BCUT2D eigenvalue weighted by molar-refractivity contribution is 7.89. The second kappa shape index (κ2) is 6.43. The number of aromatic nitrogens is 2. The minimum atomic E-state index is -3.67. The Kier molecular flexibility index (Phi) is 4.49. The molecule has 3 aromatic rings. The van der Waals surface area contributed by atoms with Gasteiger partial charge >= 0.3 is 5.69 Å². The Balaban J connectivity index is 1.80. The van der Waals surface area contributed by atoms with Gasteiger partial charge in [-0.2, -0.15) is 0 Å². The molecule has 2 aromatic carbocycles. The molecule has 1 N–H and O–H groups in total. The van der Waals surface area contributed by atoms with Crippen LogP contribution >= 0.6 is 11.6 Å². The number of fused-ring (bicyclic) bond motifs is 1. The number of nitrogens with zero attached hydrogens (tertiary/aromatic N) is 2. The molecule has 126 valence electrons. The van der Waals surface area contributed by atoms with Crippen LogP contribution in [0.5, 0.6) is 0 Å². The van der Waals surface area contributed by atoms with Crippen LogP contribution in [0.2, 0.25) is 5.02 Å². The van der Waals surface area contributed by atoms with E-state index in [0.29, 0.717) is 5.02 Å². The predicted molar refractivity (Wildman–Crippen MR) is 93.8 cm³/mol. The summed E-state index contributed by atoms with van der Waals surface area (Å²) >= 11 is 5.83. The van der Waals surface area contributed by atoms with Crippen molar-refractivity contribution >= 4 is 32.7 Å². The molecule has 0 amide bonds. The van der Waals surface area contributed by atoms with Crippen LogP contribution in [0.15, 0.2) is 58.2 Å². The quantitative estimate of drug-likeness (QED) is 0.751. The molecule has 0 unspecified atom stereocenters. The molecule has 0 bridgehead atoms. The molecule has 0 saturated carbocycles. The number of hydrogen-bond donors (Lipinski definition) is 1. The zero-order chi connectivity index (χ0) is 17.3. The third kappa shape index (κ3) is 3.10. The predicted octanol–water partition coefficient (Wildman–Crippen LogP) is 1.97. The molecule has 1 aromatic heterocycles. The van der Waals surface area contributed by atoms with Crippen LogP contribution < -0.4 is 10.4 Å². The van der Waals surface area contributed by atoms with Gasteiger partial charge in [-0.05, 0) is 30.3 Å². The third-order valence-electron chi connectivity index (χ3n) is 3.79. The SMILES string of the molecule is Cn1c(=O)n(CCNS(=O)(=O)c2cccc(Cl)c2)c2ccccc21. The zero-order valence-electron chi connectivity index (χ0n) is 12.9. The summed E-state index contributed by atoms with van der Waals surface area (Å²) in [6.45, 7) is 0.336. The molecule has 3 rings (SSSR count). The first-order chi connectivity index (χ1) is 11.4. The molecule has 0 atom stereocenters. The largest absolute Gasteiger partial charge is 0.328 e. The topological polar surface area (TPSA) is 73.1 Å². The molecule has 0 saturated heterocycles. The van der Waals surface area contributed by atoms with Crippen molar-refractivity contribution in [1.82, 2.24) is 13.9 Å². The van der Waals surface area contributed by atoms with E-state index in [4.69, 9.17) is 11.6 Å². The van der Waals surface area contributed by atoms with Crippen molar-refractivity contribution in [1.29, 1.82) is 0 Å². The summed E-state index contributed by atoms with van der Waals surface area (Å²) < 4.78 is 30.1. The third-order valence-corrected chi connectivity index (χ3v) is 5.48. The second-order valence-corrected chi connectivity index (χ2v) is 7.54. The Bertz CT molecular complexity index is 1050. The molecule has 1 heterocycles. The van der Waals surface area contributed by atoms with Gasteiger partial charge in [0.15, 0.2) is 0 Å². The molecule has 0 aliphatic carbocycles. The molecular formula is C16H16ClN3O3S. The first kappa shape index (κ1) is 16.8. The summed E-state index contributed by atoms with van der Waals surface area (Å²) in [6, 6.07) is 13.4. The lowest BCUT2D eigenvalue weighted by atomic mass is 10.3. The Morgan fingerprint density at radius 3 is 2.50 bits per heavy atom. The number of nitrogens with one attached hydrogen (secondary N) is 1. The number of imidazole rings is 1. The standard InChI is InChI=1S/C16H16ClN3O3S/c1-19-14-7-2-3-8-15(14)20(16(19)21)10-9-18-24(22,23)13-6-4-5-12(17)11-13/h2-8,11,18H,9-10H2,1H3. The minimum absolute atomic E-state index is 0.0975. The Hall–Kier alpha value is -2.09. The number of rotatable bonds is 5. The summed E-state index contributed by atoms with van der Waals surface area (Å²) in [4.78, 5) is 12.4. The summed E-state index contributed by atoms with van der Waals surface area (Å²) in [5.74, 6) is 0. The van der Waals surface area contributed by atoms with E-state index < -0.39 is 10.0 Å². The van der Waals surface area contributed by atoms with Crippen LogP contribution in [0.4, 0.5) is 0 Å². The van der Waals surface area contributed by atoms with Crippen LogP contribution in [0, 0.1) is 0 Å². The molecule has 24 heavy (non-hydrogen) atoms. The van der Waals surface area contributed by atoms with E-state index in [2.05, 4.69) is 4.72 Å². The van der Waals surface area contributed by atoms with Crippen LogP contribution in [-0.2, 0) is 23.6 Å². The summed E-state index contributed by atoms with van der Waals surface area (Å²) in [6.07, 6.45) is 0. The molecular weight excluding hydrogens is 350 g/mol. The lowest BCUT2D eigenvalue weighted by molar-refractivity contribution is 0.571. The molecule has 0 aliphatic heterocycles. The van der Waals surface area contributed by atoms with E-state index in [-0.39, 0.29) is 23.7 Å². The van der Waals surface area contributed by atoms with Crippen LogP contribution in [0.1, 0.15) is 0 Å². The van der Waals surface area contributed by atoms with Gasteiger partial charge in [0, 0.05) is 25.2 Å². The Labute approximate surface area is 144 Å². The van der Waals surface area contributed by atoms with Crippen molar-refractivity contribution < 1.29 is 8.42 Å². The van der Waals surface area contributed by atoms with E-state index in [1.165, 1.54) is 12.1 Å². The van der Waals surface area contributed by atoms with Crippen molar-refractivity contribution in [2.24, 2.45) is 7.05 Å². The molecule has 0 aliphatic rings. The Morgan fingerprint density at radius 2 is 1.79 bits per heavy atom. The lowest BCUT2D eigenvalue weighted by Crippen LogP contribution is -2.31. The molecule has 6 nitrogen and oxygen atoms in total. The zero-order valence-corrected chi connectivity index (χ0v) is 14.5. The lowest BCUT2D eigenvalue weighted by Gasteiger charge is -2.08. The van der Waals surface area contributed by atoms with Crippen molar-refractivity contribution in [2.75, 3.05) is 6.54 Å². The molecule has 8 heteroatoms. The van der Waals surface area contributed by atoms with E-state index in [1.54, 1.807) is 28.3 Å². The highest BCUT2D eigenvalue weighted by Crippen LogP contribution is 2.15. The second-order valence-electron chi connectivity index (χ2n) is 5.34. The fourth-order valence-electron chi connectivity index (χ4n) is 2.59. The Morgan fingerprint density at radius 1 is 1.08 bits per heavy atom. The molecule has 0 radical (unpaired) electrons. The fourth-order valence-corrected chi connectivity index (χ4v) is 3.91. The summed E-state index contributed by atoms with van der Waals surface area (Å²) in [5.41, 5.74) is 1.39.